The van der Waals surface area contributed by atoms with Crippen molar-refractivity contribution in [2.75, 3.05) is 6.54 Å². The highest BCUT2D eigenvalue weighted by Gasteiger charge is 2.31. The van der Waals surface area contributed by atoms with Gasteiger partial charge in [0.05, 0.1) is 0 Å². The lowest BCUT2D eigenvalue weighted by molar-refractivity contribution is -0.0135. The molecule has 1 aliphatic carbocycles. The summed E-state index contributed by atoms with van der Waals surface area (Å²) in [5.41, 5.74) is 4.28. The van der Waals surface area contributed by atoms with Crippen LogP contribution in [0.15, 0.2) is 35.6 Å². The summed E-state index contributed by atoms with van der Waals surface area (Å²) in [5.74, 6) is 0.531. The molecular weight excluding hydrogens is 479 g/mol. The zero-order chi connectivity index (χ0) is 25.9. The Kier molecular flexibility index (Phi) is 7.08. The first-order valence-electron chi connectivity index (χ1n) is 12.4. The number of nitrogens with zero attached hydrogens (tertiary/aromatic N) is 5. The molecule has 12 heteroatoms. The van der Waals surface area contributed by atoms with Gasteiger partial charge in [0.15, 0.2) is 6.23 Å². The summed E-state index contributed by atoms with van der Waals surface area (Å²) < 4.78 is 14.8. The van der Waals surface area contributed by atoms with Gasteiger partial charge in [-0.1, -0.05) is 12.1 Å². The van der Waals surface area contributed by atoms with Crippen LogP contribution in [0.2, 0.25) is 0 Å². The second kappa shape index (κ2) is 10.6. The van der Waals surface area contributed by atoms with E-state index in [2.05, 4.69) is 36.2 Å². The summed E-state index contributed by atoms with van der Waals surface area (Å²) in [7, 11) is 0. The average Bonchev–Trinajstić information content (AvgIpc) is 3.56. The van der Waals surface area contributed by atoms with E-state index in [9.17, 15) is 14.0 Å². The average molecular weight is 509 g/mol. The van der Waals surface area contributed by atoms with Crippen molar-refractivity contribution in [1.29, 1.82) is 0 Å². The van der Waals surface area contributed by atoms with Crippen LogP contribution in [0.4, 0.5) is 4.39 Å². The quantitative estimate of drug-likeness (QED) is 0.446. The minimum Gasteiger partial charge on any atom is -0.350 e. The van der Waals surface area contributed by atoms with Gasteiger partial charge in [-0.2, -0.15) is 14.6 Å². The summed E-state index contributed by atoms with van der Waals surface area (Å²) >= 11 is 0. The van der Waals surface area contributed by atoms with Crippen LogP contribution in [0.5, 0.6) is 0 Å². The lowest BCUT2D eigenvalue weighted by atomic mass is 9.81. The van der Waals surface area contributed by atoms with Gasteiger partial charge in [0.1, 0.15) is 29.4 Å². The van der Waals surface area contributed by atoms with Crippen molar-refractivity contribution in [2.45, 2.75) is 52.3 Å². The zero-order valence-corrected chi connectivity index (χ0v) is 20.7. The third kappa shape index (κ3) is 5.58. The molecule has 0 spiro atoms. The van der Waals surface area contributed by atoms with Crippen molar-refractivity contribution < 1.29 is 18.8 Å². The Bertz CT molecular complexity index is 1350. The molecule has 1 aromatic carbocycles. The fourth-order valence-electron chi connectivity index (χ4n) is 4.78. The highest BCUT2D eigenvalue weighted by Crippen LogP contribution is 2.32. The predicted molar refractivity (Wildman–Crippen MR) is 132 cm³/mol. The fourth-order valence-corrected chi connectivity index (χ4v) is 4.78. The Balaban J connectivity index is 1.20. The van der Waals surface area contributed by atoms with Crippen molar-refractivity contribution in [2.24, 2.45) is 16.8 Å². The number of nitrogens with one attached hydrogen (secondary N) is 3. The van der Waals surface area contributed by atoms with Gasteiger partial charge >= 0.3 is 0 Å². The summed E-state index contributed by atoms with van der Waals surface area (Å²) in [6.45, 7) is 4.25. The number of rotatable bonds is 7. The normalized spacial score (nSPS) is 21.4. The molecule has 0 bridgehead atoms. The molecule has 0 saturated heterocycles. The van der Waals surface area contributed by atoms with E-state index in [-0.39, 0.29) is 41.7 Å². The van der Waals surface area contributed by atoms with Crippen molar-refractivity contribution >= 4 is 23.4 Å². The third-order valence-corrected chi connectivity index (χ3v) is 6.89. The molecule has 2 aliphatic rings. The molecule has 5 rings (SSSR count). The molecule has 1 fully saturated rings. The SMILES string of the molecule is CC1=NC(C2CCC(CNC(=O)c3cc(C(=O)NCc4ccc(F)c(C)c4)nc4ncnn34)CC2)ON1. The Morgan fingerprint density at radius 1 is 1.14 bits per heavy atom. The Morgan fingerprint density at radius 2 is 1.95 bits per heavy atom. The second-order valence-corrected chi connectivity index (χ2v) is 9.58. The number of amides is 2. The predicted octanol–water partition coefficient (Wildman–Crippen LogP) is 2.32. The first-order chi connectivity index (χ1) is 17.9. The maximum absolute atomic E-state index is 13.5. The molecule has 37 heavy (non-hydrogen) atoms. The smallest absolute Gasteiger partial charge is 0.270 e. The molecule has 1 atom stereocenters. The zero-order valence-electron chi connectivity index (χ0n) is 20.7. The number of hydrogen-bond acceptors (Lipinski definition) is 8. The van der Waals surface area contributed by atoms with Gasteiger partial charge in [0, 0.05) is 25.1 Å². The van der Waals surface area contributed by atoms with Gasteiger partial charge in [-0.25, -0.2) is 19.2 Å². The van der Waals surface area contributed by atoms with Crippen LogP contribution in [-0.4, -0.2) is 50.0 Å². The molecule has 1 aliphatic heterocycles. The number of benzene rings is 1. The lowest BCUT2D eigenvalue weighted by Crippen LogP contribution is -2.34. The van der Waals surface area contributed by atoms with Crippen LogP contribution in [0.25, 0.3) is 5.78 Å². The van der Waals surface area contributed by atoms with E-state index in [1.165, 1.54) is 23.0 Å². The Labute approximate surface area is 212 Å². The fraction of sp³-hybridized carbons (Fsp3) is 0.440. The minimum atomic E-state index is -0.471. The monoisotopic (exact) mass is 508 g/mol. The Morgan fingerprint density at radius 3 is 2.68 bits per heavy atom. The van der Waals surface area contributed by atoms with Crippen LogP contribution in [0.3, 0.4) is 0 Å². The van der Waals surface area contributed by atoms with Gasteiger partial charge in [-0.05, 0) is 62.6 Å². The van der Waals surface area contributed by atoms with E-state index in [0.717, 1.165) is 37.1 Å². The highest BCUT2D eigenvalue weighted by molar-refractivity contribution is 5.98. The molecule has 3 N–H and O–H groups in total. The van der Waals surface area contributed by atoms with E-state index in [0.29, 0.717) is 23.9 Å². The molecule has 11 nitrogen and oxygen atoms in total. The van der Waals surface area contributed by atoms with E-state index < -0.39 is 5.91 Å². The second-order valence-electron chi connectivity index (χ2n) is 9.58. The largest absolute Gasteiger partial charge is 0.350 e. The van der Waals surface area contributed by atoms with E-state index in [1.54, 1.807) is 19.1 Å². The van der Waals surface area contributed by atoms with Crippen LogP contribution < -0.4 is 16.1 Å². The van der Waals surface area contributed by atoms with Gasteiger partial charge in [0.25, 0.3) is 17.6 Å². The number of hydrogen-bond donors (Lipinski definition) is 3. The number of aromatic nitrogens is 4. The van der Waals surface area contributed by atoms with Crippen molar-refractivity contribution in [3.63, 3.8) is 0 Å². The first kappa shape index (κ1) is 24.8. The Hall–Kier alpha value is -3.93. The van der Waals surface area contributed by atoms with Crippen LogP contribution in [0, 0.1) is 24.6 Å². The van der Waals surface area contributed by atoms with Crippen molar-refractivity contribution in [1.82, 2.24) is 35.7 Å². The summed E-state index contributed by atoms with van der Waals surface area (Å²) in [4.78, 5) is 44.2. The number of carbonyl (C=O) groups excluding carboxylic acids is 2. The van der Waals surface area contributed by atoms with Gasteiger partial charge in [-0.15, -0.1) is 0 Å². The van der Waals surface area contributed by atoms with E-state index >= 15 is 0 Å². The van der Waals surface area contributed by atoms with Gasteiger partial charge < -0.3 is 10.6 Å². The van der Waals surface area contributed by atoms with Crippen LogP contribution in [-0.2, 0) is 11.4 Å². The molecule has 1 unspecified atom stereocenters. The number of amidine groups is 1. The molecule has 2 amide bonds. The molecule has 2 aromatic heterocycles. The number of carbonyl (C=O) groups is 2. The summed E-state index contributed by atoms with van der Waals surface area (Å²) in [6, 6.07) is 6.05. The van der Waals surface area contributed by atoms with Crippen LogP contribution in [0.1, 0.15) is 64.7 Å². The minimum absolute atomic E-state index is 0.0472. The summed E-state index contributed by atoms with van der Waals surface area (Å²) in [5, 5.41) is 9.83. The van der Waals surface area contributed by atoms with Crippen molar-refractivity contribution in [3.05, 3.63) is 58.9 Å². The molecule has 194 valence electrons. The third-order valence-electron chi connectivity index (χ3n) is 6.89. The van der Waals surface area contributed by atoms with Gasteiger partial charge in [-0.3, -0.25) is 15.1 Å². The highest BCUT2D eigenvalue weighted by atomic mass is 19.1. The standard InChI is InChI=1S/C25H29FN8O3/c1-14-9-17(5-8-19(14)26)12-27-22(35)20-10-21(34-25(32-20)29-13-30-34)23(36)28-11-16-3-6-18(7-4-16)24-31-15(2)33-37-24/h5,8-10,13,16,18,24H,3-4,6-7,11-12H2,1-2H3,(H,27,35)(H,28,36)(H,31,33). The first-order valence-corrected chi connectivity index (χ1v) is 12.4. The number of halogens is 1. The maximum Gasteiger partial charge on any atom is 0.270 e. The van der Waals surface area contributed by atoms with Crippen molar-refractivity contribution in [3.8, 4) is 0 Å². The number of aliphatic imine (C=N–C) groups is 1. The molecular formula is C25H29FN8O3. The lowest BCUT2D eigenvalue weighted by Gasteiger charge is -2.30. The van der Waals surface area contributed by atoms with Crippen LogP contribution >= 0.6 is 0 Å². The van der Waals surface area contributed by atoms with E-state index in [1.807, 2.05) is 6.92 Å². The number of hydroxylamine groups is 1. The number of aryl methyl sites for hydroxylation is 1. The molecule has 3 heterocycles. The molecule has 1 saturated carbocycles. The number of fused-ring (bicyclic) bond motifs is 1. The topological polar surface area (TPSA) is 135 Å². The molecule has 0 radical (unpaired) electrons. The van der Waals surface area contributed by atoms with E-state index in [4.69, 9.17) is 4.84 Å². The van der Waals surface area contributed by atoms with Gasteiger partial charge in [0.2, 0.25) is 0 Å². The summed E-state index contributed by atoms with van der Waals surface area (Å²) in [6.07, 6.45) is 5.03. The molecule has 3 aromatic rings. The maximum atomic E-state index is 13.5.